The molecule has 2 aliphatic rings. The highest BCUT2D eigenvalue weighted by atomic mass is 32.1. The number of hydrogen-bond acceptors (Lipinski definition) is 6. The Hall–Kier alpha value is -3.24. The van der Waals surface area contributed by atoms with E-state index in [1.165, 1.54) is 16.2 Å². The first kappa shape index (κ1) is 29.7. The van der Waals surface area contributed by atoms with Gasteiger partial charge in [-0.2, -0.15) is 0 Å². The zero-order chi connectivity index (χ0) is 29.0. The van der Waals surface area contributed by atoms with Crippen LogP contribution < -0.4 is 20.0 Å². The summed E-state index contributed by atoms with van der Waals surface area (Å²) in [6, 6.07) is 9.23. The summed E-state index contributed by atoms with van der Waals surface area (Å²) in [4.78, 5) is 59.1. The van der Waals surface area contributed by atoms with Crippen LogP contribution in [0.1, 0.15) is 59.8 Å². The first-order valence-corrected chi connectivity index (χ1v) is 15.0. The monoisotopic (exact) mass is 568 g/mol. The van der Waals surface area contributed by atoms with Crippen LogP contribution in [0.3, 0.4) is 0 Å². The highest BCUT2D eigenvalue weighted by molar-refractivity contribution is 7.14. The highest BCUT2D eigenvalue weighted by Gasteiger charge is 2.44. The van der Waals surface area contributed by atoms with Gasteiger partial charge in [-0.3, -0.25) is 24.6 Å². The van der Waals surface area contributed by atoms with E-state index in [0.717, 1.165) is 25.7 Å². The van der Waals surface area contributed by atoms with E-state index in [1.54, 1.807) is 27.3 Å². The number of amides is 3. The molecule has 3 amide bonds. The molecule has 1 aliphatic heterocycles. The number of anilines is 3. The number of carbonyl (C=O) groups excluding carboxylic acids is 3. The molecule has 216 valence electrons. The highest BCUT2D eigenvalue weighted by Crippen LogP contribution is 2.35. The van der Waals surface area contributed by atoms with Crippen LogP contribution in [-0.2, 0) is 19.2 Å². The molecule has 0 bridgehead atoms. The second kappa shape index (κ2) is 13.0. The number of fused-ring (bicyclic) bond motifs is 1. The van der Waals surface area contributed by atoms with E-state index in [0.29, 0.717) is 29.5 Å². The molecule has 9 nitrogen and oxygen atoms in total. The maximum atomic E-state index is 14.1. The van der Waals surface area contributed by atoms with Gasteiger partial charge in [-0.15, -0.1) is 11.3 Å². The lowest BCUT2D eigenvalue weighted by Crippen LogP contribution is -2.63. The van der Waals surface area contributed by atoms with Crippen molar-refractivity contribution in [3.63, 3.8) is 0 Å². The van der Waals surface area contributed by atoms with Crippen LogP contribution in [0, 0.1) is 17.8 Å². The molecule has 1 unspecified atom stereocenters. The van der Waals surface area contributed by atoms with Gasteiger partial charge in [0.25, 0.3) is 11.8 Å². The molecule has 1 atom stereocenters. The van der Waals surface area contributed by atoms with E-state index in [4.69, 9.17) is 0 Å². The number of hydrogen-bond donors (Lipinski definition) is 2. The lowest BCUT2D eigenvalue weighted by molar-refractivity contribution is -0.142. The number of carboxylic acid groups (broad SMARTS) is 1. The Balaban J connectivity index is 1.75. The predicted molar refractivity (Wildman–Crippen MR) is 158 cm³/mol. The van der Waals surface area contributed by atoms with Crippen molar-refractivity contribution < 1.29 is 24.3 Å². The van der Waals surface area contributed by atoms with Crippen LogP contribution in [0.5, 0.6) is 0 Å². The minimum Gasteiger partial charge on any atom is -0.479 e. The van der Waals surface area contributed by atoms with Crippen molar-refractivity contribution in [1.29, 1.82) is 0 Å². The van der Waals surface area contributed by atoms with Gasteiger partial charge in [-0.1, -0.05) is 52.7 Å². The lowest BCUT2D eigenvalue weighted by atomic mass is 10.0. The molecule has 0 saturated heterocycles. The summed E-state index contributed by atoms with van der Waals surface area (Å²) in [6.45, 7) is 8.64. The summed E-state index contributed by atoms with van der Waals surface area (Å²) in [6.07, 6.45) is 2.60. The maximum Gasteiger partial charge on any atom is 0.342 e. The van der Waals surface area contributed by atoms with Crippen LogP contribution in [0.15, 0.2) is 41.8 Å². The van der Waals surface area contributed by atoms with Crippen molar-refractivity contribution in [2.75, 3.05) is 27.8 Å². The van der Waals surface area contributed by atoms with Crippen molar-refractivity contribution >= 4 is 51.4 Å². The molecule has 2 aromatic rings. The molecule has 4 rings (SSSR count). The second-order valence-electron chi connectivity index (χ2n) is 11.6. The smallest absolute Gasteiger partial charge is 0.342 e. The van der Waals surface area contributed by atoms with Crippen LogP contribution in [-0.4, -0.2) is 54.1 Å². The first-order valence-electron chi connectivity index (χ1n) is 14.1. The van der Waals surface area contributed by atoms with Gasteiger partial charge in [-0.05, 0) is 60.2 Å². The molecule has 1 saturated carbocycles. The van der Waals surface area contributed by atoms with Crippen LogP contribution in [0.25, 0.3) is 0 Å². The van der Waals surface area contributed by atoms with Crippen molar-refractivity contribution in [3.8, 4) is 0 Å². The molecule has 40 heavy (non-hydrogen) atoms. The first-order chi connectivity index (χ1) is 19.1. The van der Waals surface area contributed by atoms with Crippen molar-refractivity contribution in [1.82, 2.24) is 5.32 Å². The fourth-order valence-corrected chi connectivity index (χ4v) is 6.37. The standard InChI is InChI=1S/C30H40N4O5S/c1-19(2)17-32-22-12-7-8-13-23(22)33(18-20(3)4)29(37)26(28(32)36)31-27(30(38)39)34(25-14-9-15-40-25)24(35)16-21-10-5-6-11-21/h7-9,12-15,19-21,26-27,31H,5-6,10-11,16-18H2,1-4H3,(H,38,39). The van der Waals surface area contributed by atoms with E-state index >= 15 is 0 Å². The molecule has 1 aliphatic carbocycles. The van der Waals surface area contributed by atoms with E-state index in [1.807, 2.05) is 52.0 Å². The molecule has 1 aromatic carbocycles. The Labute approximate surface area is 240 Å². The van der Waals surface area contributed by atoms with Crippen molar-refractivity contribution in [3.05, 3.63) is 41.8 Å². The number of nitrogens with one attached hydrogen (secondary N) is 1. The Kier molecular flexibility index (Phi) is 9.63. The largest absolute Gasteiger partial charge is 0.479 e. The van der Waals surface area contributed by atoms with Gasteiger partial charge >= 0.3 is 5.97 Å². The molecule has 1 fully saturated rings. The van der Waals surface area contributed by atoms with E-state index in [2.05, 4.69) is 5.32 Å². The van der Waals surface area contributed by atoms with Gasteiger partial charge in [0, 0.05) is 19.5 Å². The summed E-state index contributed by atoms with van der Waals surface area (Å²) in [5, 5.41) is 15.5. The van der Waals surface area contributed by atoms with Gasteiger partial charge in [0.2, 0.25) is 5.91 Å². The lowest BCUT2D eigenvalue weighted by Gasteiger charge is -2.33. The molecule has 0 spiro atoms. The van der Waals surface area contributed by atoms with Crippen LogP contribution in [0.4, 0.5) is 16.4 Å². The molecular weight excluding hydrogens is 528 g/mol. The summed E-state index contributed by atoms with van der Waals surface area (Å²) in [5.74, 6) is -2.34. The normalized spacial score (nSPS) is 17.4. The number of carbonyl (C=O) groups is 4. The van der Waals surface area contributed by atoms with Gasteiger partial charge in [0.05, 0.1) is 16.4 Å². The molecule has 2 heterocycles. The second-order valence-corrected chi connectivity index (χ2v) is 12.5. The Bertz CT molecular complexity index is 1160. The Morgan fingerprint density at radius 3 is 1.95 bits per heavy atom. The number of rotatable bonds is 11. The summed E-state index contributed by atoms with van der Waals surface area (Å²) >= 11 is 1.25. The van der Waals surface area contributed by atoms with Gasteiger partial charge in [0.1, 0.15) is 0 Å². The third-order valence-electron chi connectivity index (χ3n) is 7.35. The number of para-hydroxylation sites is 2. The van der Waals surface area contributed by atoms with Crippen molar-refractivity contribution in [2.45, 2.75) is 72.0 Å². The number of aliphatic carboxylic acids is 1. The van der Waals surface area contributed by atoms with Gasteiger partial charge in [0.15, 0.2) is 12.2 Å². The molecule has 1 aromatic heterocycles. The zero-order valence-electron chi connectivity index (χ0n) is 23.7. The van der Waals surface area contributed by atoms with Crippen LogP contribution >= 0.6 is 11.3 Å². The maximum absolute atomic E-state index is 14.1. The SMILES string of the molecule is CC(C)CN1C(=O)C(NC(C(=O)O)N(C(=O)CC2CCCC2)c2cccs2)C(=O)N(CC(C)C)c2ccccc21. The Morgan fingerprint density at radius 1 is 0.950 bits per heavy atom. The minimum absolute atomic E-state index is 0.0929. The number of nitrogens with zero attached hydrogens (tertiary/aromatic N) is 3. The Morgan fingerprint density at radius 2 is 1.50 bits per heavy atom. The van der Waals surface area contributed by atoms with E-state index in [-0.39, 0.29) is 30.1 Å². The minimum atomic E-state index is -1.60. The average molecular weight is 569 g/mol. The fraction of sp³-hybridized carbons (Fsp3) is 0.533. The summed E-state index contributed by atoms with van der Waals surface area (Å²) in [5.41, 5.74) is 1.22. The topological polar surface area (TPSA) is 110 Å². The van der Waals surface area contributed by atoms with E-state index in [9.17, 15) is 24.3 Å². The van der Waals surface area contributed by atoms with Crippen LogP contribution in [0.2, 0.25) is 0 Å². The predicted octanol–water partition coefficient (Wildman–Crippen LogP) is 4.72. The molecule has 10 heteroatoms. The quantitative estimate of drug-likeness (QED) is 0.300. The number of carboxylic acids is 1. The third kappa shape index (κ3) is 6.55. The van der Waals surface area contributed by atoms with Gasteiger partial charge in [-0.25, -0.2) is 4.79 Å². The molecule has 2 N–H and O–H groups in total. The number of thiophene rings is 1. The summed E-state index contributed by atoms with van der Waals surface area (Å²) < 4.78 is 0. The summed E-state index contributed by atoms with van der Waals surface area (Å²) in [7, 11) is 0. The van der Waals surface area contributed by atoms with Crippen molar-refractivity contribution in [2.24, 2.45) is 17.8 Å². The molecular formula is C30H40N4O5S. The third-order valence-corrected chi connectivity index (χ3v) is 8.22. The fourth-order valence-electron chi connectivity index (χ4n) is 5.60. The molecule has 0 radical (unpaired) electrons. The van der Waals surface area contributed by atoms with E-state index < -0.39 is 30.0 Å². The average Bonchev–Trinajstić information content (AvgIpc) is 3.61. The van der Waals surface area contributed by atoms with Gasteiger partial charge < -0.3 is 14.9 Å². The zero-order valence-corrected chi connectivity index (χ0v) is 24.5. The number of benzene rings is 1.